The minimum atomic E-state index is -0.860. The first-order valence-corrected chi connectivity index (χ1v) is 10.4. The maximum absolute atomic E-state index is 12.6. The average molecular weight is 450 g/mol. The number of aliphatic imine (C=N–C) groups is 1. The molecule has 8 nitrogen and oxygen atoms in total. The minimum absolute atomic E-state index is 0.319. The Balaban J connectivity index is 1.53. The van der Waals surface area contributed by atoms with Crippen molar-refractivity contribution in [3.63, 3.8) is 0 Å². The summed E-state index contributed by atoms with van der Waals surface area (Å²) in [6, 6.07) is 24.8. The Morgan fingerprint density at radius 2 is 1.47 bits per heavy atom. The van der Waals surface area contributed by atoms with E-state index in [1.807, 2.05) is 48.5 Å². The fraction of sp³-hybridized carbons (Fsp3) is 0. The van der Waals surface area contributed by atoms with E-state index in [2.05, 4.69) is 15.3 Å². The van der Waals surface area contributed by atoms with Crippen molar-refractivity contribution in [2.45, 2.75) is 0 Å². The molecule has 0 atom stereocenters. The quantitative estimate of drug-likeness (QED) is 0.357. The van der Waals surface area contributed by atoms with Crippen LogP contribution in [0.1, 0.15) is 5.56 Å². The average Bonchev–Trinajstić information content (AvgIpc) is 2.84. The second kappa shape index (κ2) is 8.51. The van der Waals surface area contributed by atoms with Gasteiger partial charge in [-0.15, -0.1) is 0 Å². The van der Waals surface area contributed by atoms with Gasteiger partial charge in [-0.05, 0) is 22.9 Å². The molecule has 34 heavy (non-hydrogen) atoms. The monoisotopic (exact) mass is 450 g/mol. The Morgan fingerprint density at radius 3 is 2.24 bits per heavy atom. The fourth-order valence-electron chi connectivity index (χ4n) is 3.89. The summed E-state index contributed by atoms with van der Waals surface area (Å²) in [5, 5.41) is 16.8. The number of aromatic amines is 1. The highest BCUT2D eigenvalue weighted by molar-refractivity contribution is 6.04. The molecule has 3 N–H and O–H groups in total. The maximum Gasteiger partial charge on any atom is 0.345 e. The molecule has 1 aromatic heterocycles. The van der Waals surface area contributed by atoms with Crippen LogP contribution in [0, 0.1) is 0 Å². The van der Waals surface area contributed by atoms with E-state index in [-0.39, 0.29) is 5.56 Å². The van der Waals surface area contributed by atoms with E-state index >= 15 is 0 Å². The van der Waals surface area contributed by atoms with Gasteiger partial charge in [0.1, 0.15) is 5.56 Å². The van der Waals surface area contributed by atoms with Gasteiger partial charge < -0.3 is 10.4 Å². The SMILES string of the molecule is O=C(N=Cc1c(O)n(-c2cccc3ccccc23)c(=O)[nH]c1=O)Nc1cccc2ccccc12. The Kier molecular flexibility index (Phi) is 5.23. The smallest absolute Gasteiger partial charge is 0.345 e. The number of urea groups is 1. The number of hydrogen-bond donors (Lipinski definition) is 3. The van der Waals surface area contributed by atoms with Crippen LogP contribution in [0.2, 0.25) is 0 Å². The zero-order chi connectivity index (χ0) is 23.7. The molecule has 0 saturated carbocycles. The molecule has 5 rings (SSSR count). The second-order valence-electron chi connectivity index (χ2n) is 7.55. The van der Waals surface area contributed by atoms with Gasteiger partial charge in [-0.3, -0.25) is 9.78 Å². The van der Waals surface area contributed by atoms with Crippen LogP contribution in [0.25, 0.3) is 27.2 Å². The van der Waals surface area contributed by atoms with Gasteiger partial charge in [-0.2, -0.15) is 0 Å². The fourth-order valence-corrected chi connectivity index (χ4v) is 3.89. The van der Waals surface area contributed by atoms with E-state index in [1.54, 1.807) is 36.4 Å². The molecule has 0 saturated heterocycles. The Labute approximate surface area is 192 Å². The first-order valence-electron chi connectivity index (χ1n) is 10.4. The highest BCUT2D eigenvalue weighted by atomic mass is 16.3. The Hall–Kier alpha value is -4.98. The van der Waals surface area contributed by atoms with Crippen molar-refractivity contribution >= 4 is 39.5 Å². The number of nitrogens with one attached hydrogen (secondary N) is 2. The molecule has 0 spiro atoms. The van der Waals surface area contributed by atoms with Gasteiger partial charge in [0.15, 0.2) is 0 Å². The van der Waals surface area contributed by atoms with Gasteiger partial charge in [0, 0.05) is 10.8 Å². The van der Waals surface area contributed by atoms with Crippen LogP contribution in [0.4, 0.5) is 10.5 Å². The standard InChI is InChI=1S/C26H18N4O4/c31-23-20(15-27-25(33)28-21-13-5-9-16-7-1-3-11-18(16)21)24(32)30(26(34)29-23)22-14-6-10-17-8-2-4-12-19(17)22/h1-15,32H,(H,28,33)(H,29,31,34). The minimum Gasteiger partial charge on any atom is -0.493 e. The maximum atomic E-state index is 12.6. The number of anilines is 1. The number of hydrogen-bond acceptors (Lipinski definition) is 4. The van der Waals surface area contributed by atoms with Crippen LogP contribution in [0.5, 0.6) is 5.88 Å². The molecule has 0 radical (unpaired) electrons. The molecule has 166 valence electrons. The summed E-state index contributed by atoms with van der Waals surface area (Å²) in [5.74, 6) is -0.619. The Morgan fingerprint density at radius 1 is 0.853 bits per heavy atom. The van der Waals surface area contributed by atoms with Crippen molar-refractivity contribution in [3.8, 4) is 11.6 Å². The number of carbonyl (C=O) groups is 1. The number of H-pyrrole nitrogens is 1. The molecule has 0 aliphatic rings. The molecule has 0 aliphatic heterocycles. The Bertz CT molecular complexity index is 1710. The third kappa shape index (κ3) is 3.73. The molecule has 5 aromatic rings. The molecule has 2 amide bonds. The number of nitrogens with zero attached hydrogens (tertiary/aromatic N) is 2. The molecule has 0 unspecified atom stereocenters. The van der Waals surface area contributed by atoms with Gasteiger partial charge in [0.25, 0.3) is 5.56 Å². The topological polar surface area (TPSA) is 117 Å². The lowest BCUT2D eigenvalue weighted by Crippen LogP contribution is -2.31. The lowest BCUT2D eigenvalue weighted by Gasteiger charge is -2.12. The summed E-state index contributed by atoms with van der Waals surface area (Å²) >= 11 is 0. The van der Waals surface area contributed by atoms with Crippen LogP contribution < -0.4 is 16.6 Å². The predicted octanol–water partition coefficient (Wildman–Crippen LogP) is 4.19. The van der Waals surface area contributed by atoms with Crippen molar-refractivity contribution in [1.82, 2.24) is 9.55 Å². The van der Waals surface area contributed by atoms with Crippen LogP contribution in [-0.2, 0) is 0 Å². The van der Waals surface area contributed by atoms with Gasteiger partial charge in [0.05, 0.1) is 17.6 Å². The molecule has 0 aliphatic carbocycles. The first kappa shape index (κ1) is 20.9. The molecule has 0 bridgehead atoms. The van der Waals surface area contributed by atoms with Crippen LogP contribution >= 0.6 is 0 Å². The highest BCUT2D eigenvalue weighted by Gasteiger charge is 2.16. The first-order chi connectivity index (χ1) is 16.5. The largest absolute Gasteiger partial charge is 0.493 e. The lowest BCUT2D eigenvalue weighted by molar-refractivity contribution is 0.259. The summed E-state index contributed by atoms with van der Waals surface area (Å²) in [6.45, 7) is 0. The van der Waals surface area contributed by atoms with Crippen LogP contribution in [-0.4, -0.2) is 26.9 Å². The van der Waals surface area contributed by atoms with E-state index in [4.69, 9.17) is 0 Å². The van der Waals surface area contributed by atoms with Crippen molar-refractivity contribution in [1.29, 1.82) is 0 Å². The van der Waals surface area contributed by atoms with Crippen LogP contribution in [0.15, 0.2) is 99.5 Å². The molecule has 8 heteroatoms. The van der Waals surface area contributed by atoms with E-state index in [9.17, 15) is 19.5 Å². The molecule has 1 heterocycles. The van der Waals surface area contributed by atoms with Gasteiger partial charge >= 0.3 is 11.7 Å². The molecule has 0 fully saturated rings. The normalized spacial score (nSPS) is 11.3. The molecular formula is C26H18N4O4. The van der Waals surface area contributed by atoms with Crippen molar-refractivity contribution in [2.24, 2.45) is 4.99 Å². The van der Waals surface area contributed by atoms with E-state index in [0.717, 1.165) is 26.9 Å². The lowest BCUT2D eigenvalue weighted by atomic mass is 10.1. The third-order valence-electron chi connectivity index (χ3n) is 5.47. The van der Waals surface area contributed by atoms with Gasteiger partial charge in [-0.25, -0.2) is 19.1 Å². The number of carbonyl (C=O) groups excluding carboxylic acids is 1. The summed E-state index contributed by atoms with van der Waals surface area (Å²) in [6.07, 6.45) is 0.940. The number of benzene rings is 4. The van der Waals surface area contributed by atoms with Crippen LogP contribution in [0.3, 0.4) is 0 Å². The second-order valence-corrected chi connectivity index (χ2v) is 7.55. The summed E-state index contributed by atoms with van der Waals surface area (Å²) in [5.41, 5.74) is -1.05. The van der Waals surface area contributed by atoms with E-state index < -0.39 is 23.2 Å². The summed E-state index contributed by atoms with van der Waals surface area (Å²) in [4.78, 5) is 43.4. The molecule has 4 aromatic carbocycles. The van der Waals surface area contributed by atoms with Crippen molar-refractivity contribution in [2.75, 3.05) is 5.32 Å². The van der Waals surface area contributed by atoms with Crippen molar-refractivity contribution < 1.29 is 9.90 Å². The summed E-state index contributed by atoms with van der Waals surface area (Å²) < 4.78 is 0.980. The third-order valence-corrected chi connectivity index (χ3v) is 5.47. The number of amides is 2. The number of aromatic nitrogens is 2. The number of fused-ring (bicyclic) bond motifs is 2. The predicted molar refractivity (Wildman–Crippen MR) is 132 cm³/mol. The van der Waals surface area contributed by atoms with Gasteiger partial charge in [-0.1, -0.05) is 72.8 Å². The highest BCUT2D eigenvalue weighted by Crippen LogP contribution is 2.25. The number of rotatable bonds is 3. The number of aromatic hydroxyl groups is 1. The zero-order valence-electron chi connectivity index (χ0n) is 17.7. The van der Waals surface area contributed by atoms with E-state index in [1.165, 1.54) is 0 Å². The van der Waals surface area contributed by atoms with E-state index in [0.29, 0.717) is 16.8 Å². The van der Waals surface area contributed by atoms with Crippen molar-refractivity contribution in [3.05, 3.63) is 111 Å². The zero-order valence-corrected chi connectivity index (χ0v) is 17.7. The summed E-state index contributed by atoms with van der Waals surface area (Å²) in [7, 11) is 0. The van der Waals surface area contributed by atoms with Gasteiger partial charge in [0.2, 0.25) is 5.88 Å². The molecular weight excluding hydrogens is 432 g/mol.